The molecule has 2 rings (SSSR count). The fourth-order valence-corrected chi connectivity index (χ4v) is 1.02. The van der Waals surface area contributed by atoms with Gasteiger partial charge in [0.15, 0.2) is 5.69 Å². The van der Waals surface area contributed by atoms with Crippen LogP contribution in [-0.2, 0) is 0 Å². The van der Waals surface area contributed by atoms with Gasteiger partial charge >= 0.3 is 5.69 Å². The molecule has 0 amide bonds. The number of H-pyrrole nitrogens is 2. The third kappa shape index (κ3) is 0.931. The van der Waals surface area contributed by atoms with Crippen LogP contribution in [-0.4, -0.2) is 22.7 Å². The van der Waals surface area contributed by atoms with Crippen molar-refractivity contribution in [2.24, 2.45) is 4.99 Å². The molecule has 1 aliphatic heterocycles. The van der Waals surface area contributed by atoms with Gasteiger partial charge in [-0.05, 0) is 0 Å². The number of hydrogen-bond donors (Lipinski definition) is 3. The third-order valence-corrected chi connectivity index (χ3v) is 1.51. The minimum Gasteiger partial charge on any atom is -0.365 e. The Kier molecular flexibility index (Phi) is 1.33. The Morgan fingerprint density at radius 3 is 3.00 bits per heavy atom. The maximum absolute atomic E-state index is 11.1. The topological polar surface area (TPSA) is 90.1 Å². The van der Waals surface area contributed by atoms with E-state index in [1.807, 2.05) is 0 Å². The molecule has 0 aromatic carbocycles. The fraction of sp³-hybridized carbons (Fsp3) is 0.167. The zero-order valence-corrected chi connectivity index (χ0v) is 6.05. The predicted molar refractivity (Wildman–Crippen MR) is 44.3 cm³/mol. The van der Waals surface area contributed by atoms with Crippen LogP contribution in [0.5, 0.6) is 0 Å². The molecule has 0 saturated heterocycles. The number of anilines is 1. The second-order valence-corrected chi connectivity index (χ2v) is 2.32. The lowest BCUT2D eigenvalue weighted by molar-refractivity contribution is 1.02. The molecule has 62 valence electrons. The molecular formula is C6H6N4O2. The lowest BCUT2D eigenvalue weighted by Crippen LogP contribution is -2.26. The zero-order valence-electron chi connectivity index (χ0n) is 6.05. The van der Waals surface area contributed by atoms with Crippen LogP contribution in [0.25, 0.3) is 0 Å². The highest BCUT2D eigenvalue weighted by atomic mass is 16.2. The maximum Gasteiger partial charge on any atom is 0.327 e. The van der Waals surface area contributed by atoms with Crippen molar-refractivity contribution >= 4 is 17.7 Å². The molecule has 0 aliphatic carbocycles. The number of fused-ring (bicyclic) bond motifs is 1. The van der Waals surface area contributed by atoms with Crippen LogP contribution in [0.1, 0.15) is 0 Å². The summed E-state index contributed by atoms with van der Waals surface area (Å²) < 4.78 is 0. The number of rotatable bonds is 0. The van der Waals surface area contributed by atoms with Crippen LogP contribution in [0.4, 0.5) is 11.5 Å². The Balaban J connectivity index is 2.79. The van der Waals surface area contributed by atoms with Crippen LogP contribution in [0.2, 0.25) is 0 Å². The molecule has 0 spiro atoms. The largest absolute Gasteiger partial charge is 0.365 e. The van der Waals surface area contributed by atoms with Crippen molar-refractivity contribution in [2.45, 2.75) is 0 Å². The Morgan fingerprint density at radius 2 is 2.17 bits per heavy atom. The number of aromatic nitrogens is 2. The first-order chi connectivity index (χ1) is 5.77. The minimum atomic E-state index is -0.525. The molecule has 0 saturated carbocycles. The van der Waals surface area contributed by atoms with E-state index in [0.717, 1.165) is 0 Å². The van der Waals surface area contributed by atoms with E-state index < -0.39 is 11.2 Å². The second kappa shape index (κ2) is 2.33. The quantitative estimate of drug-likeness (QED) is 0.470. The van der Waals surface area contributed by atoms with Gasteiger partial charge in [-0.15, -0.1) is 0 Å². The van der Waals surface area contributed by atoms with E-state index in [1.54, 1.807) is 6.21 Å². The molecule has 3 N–H and O–H groups in total. The molecule has 12 heavy (non-hydrogen) atoms. The number of nitrogens with zero attached hydrogens (tertiary/aromatic N) is 1. The van der Waals surface area contributed by atoms with E-state index in [2.05, 4.69) is 20.3 Å². The Morgan fingerprint density at radius 1 is 1.33 bits per heavy atom. The highest BCUT2D eigenvalue weighted by Gasteiger charge is 2.09. The van der Waals surface area contributed by atoms with Gasteiger partial charge < -0.3 is 5.32 Å². The van der Waals surface area contributed by atoms with Gasteiger partial charge in [0.05, 0.1) is 6.54 Å². The molecule has 0 unspecified atom stereocenters. The van der Waals surface area contributed by atoms with Gasteiger partial charge in [0.25, 0.3) is 5.56 Å². The van der Waals surface area contributed by atoms with Gasteiger partial charge in [-0.25, -0.2) is 9.79 Å². The normalized spacial score (nSPS) is 13.7. The van der Waals surface area contributed by atoms with Gasteiger partial charge in [-0.1, -0.05) is 0 Å². The maximum atomic E-state index is 11.1. The fourth-order valence-electron chi connectivity index (χ4n) is 1.02. The number of aliphatic imine (C=N–C) groups is 1. The molecule has 0 bridgehead atoms. The smallest absolute Gasteiger partial charge is 0.327 e. The van der Waals surface area contributed by atoms with Crippen molar-refractivity contribution in [1.82, 2.24) is 9.97 Å². The summed E-state index contributed by atoms with van der Waals surface area (Å²) >= 11 is 0. The van der Waals surface area contributed by atoms with E-state index >= 15 is 0 Å². The summed E-state index contributed by atoms with van der Waals surface area (Å²) in [6.07, 6.45) is 1.57. The van der Waals surface area contributed by atoms with Crippen molar-refractivity contribution in [2.75, 3.05) is 11.9 Å². The monoisotopic (exact) mass is 166 g/mol. The van der Waals surface area contributed by atoms with Gasteiger partial charge in [0.2, 0.25) is 0 Å². The highest BCUT2D eigenvalue weighted by Crippen LogP contribution is 2.15. The molecule has 0 atom stereocenters. The molecule has 0 fully saturated rings. The molecule has 1 aliphatic rings. The van der Waals surface area contributed by atoms with Crippen LogP contribution in [0.15, 0.2) is 14.6 Å². The van der Waals surface area contributed by atoms with Gasteiger partial charge in [-0.3, -0.25) is 14.8 Å². The summed E-state index contributed by atoms with van der Waals surface area (Å²) in [5.74, 6) is 0.381. The average molecular weight is 166 g/mol. The van der Waals surface area contributed by atoms with Crippen molar-refractivity contribution < 1.29 is 0 Å². The van der Waals surface area contributed by atoms with Crippen molar-refractivity contribution in [3.05, 3.63) is 20.8 Å². The third-order valence-electron chi connectivity index (χ3n) is 1.51. The molecule has 6 nitrogen and oxygen atoms in total. The van der Waals surface area contributed by atoms with E-state index in [-0.39, 0.29) is 5.69 Å². The summed E-state index contributed by atoms with van der Waals surface area (Å²) in [7, 11) is 0. The van der Waals surface area contributed by atoms with Crippen LogP contribution in [0, 0.1) is 0 Å². The first-order valence-electron chi connectivity index (χ1n) is 3.40. The Labute approximate surface area is 66.4 Å². The van der Waals surface area contributed by atoms with E-state index in [0.29, 0.717) is 12.4 Å². The molecule has 2 heterocycles. The SMILES string of the molecule is O=c1[nH]c2c(c(=O)[nH]1)N=CCN2. The number of hydrogen-bond acceptors (Lipinski definition) is 4. The first kappa shape index (κ1) is 6.84. The first-order valence-corrected chi connectivity index (χ1v) is 3.40. The predicted octanol–water partition coefficient (Wildman–Crippen LogP) is -0.809. The summed E-state index contributed by atoms with van der Waals surface area (Å²) in [5, 5.41) is 2.82. The summed E-state index contributed by atoms with van der Waals surface area (Å²) in [6.45, 7) is 0.520. The Bertz CT molecular complexity index is 442. The standard InChI is InChI=1S/C6H6N4O2/c11-5-3-4(8-2-1-7-3)9-6(12)10-5/h1H,2H2,(H3,8,9,10,11,12). The molecule has 0 radical (unpaired) electrons. The van der Waals surface area contributed by atoms with Crippen molar-refractivity contribution in [3.63, 3.8) is 0 Å². The molecule has 1 aromatic heterocycles. The van der Waals surface area contributed by atoms with Gasteiger partial charge in [0.1, 0.15) is 5.82 Å². The van der Waals surface area contributed by atoms with Crippen molar-refractivity contribution in [1.29, 1.82) is 0 Å². The van der Waals surface area contributed by atoms with Crippen LogP contribution < -0.4 is 16.6 Å². The zero-order chi connectivity index (χ0) is 8.55. The lowest BCUT2D eigenvalue weighted by Gasteiger charge is -2.08. The summed E-state index contributed by atoms with van der Waals surface area (Å²) in [4.78, 5) is 30.2. The number of nitrogens with one attached hydrogen (secondary N) is 3. The second-order valence-electron chi connectivity index (χ2n) is 2.32. The summed E-state index contributed by atoms with van der Waals surface area (Å²) in [6, 6.07) is 0. The van der Waals surface area contributed by atoms with Crippen LogP contribution in [0.3, 0.4) is 0 Å². The average Bonchev–Trinajstić information content (AvgIpc) is 2.04. The van der Waals surface area contributed by atoms with Crippen molar-refractivity contribution in [3.8, 4) is 0 Å². The molecule has 6 heteroatoms. The lowest BCUT2D eigenvalue weighted by atomic mass is 10.4. The van der Waals surface area contributed by atoms with E-state index in [9.17, 15) is 9.59 Å². The molecule has 1 aromatic rings. The molecular weight excluding hydrogens is 160 g/mol. The minimum absolute atomic E-state index is 0.223. The van der Waals surface area contributed by atoms with E-state index in [4.69, 9.17) is 0 Å². The summed E-state index contributed by atoms with van der Waals surface area (Å²) in [5.41, 5.74) is -0.776. The van der Waals surface area contributed by atoms with Crippen LogP contribution >= 0.6 is 0 Å². The Hall–Kier alpha value is -1.85. The highest BCUT2D eigenvalue weighted by molar-refractivity contribution is 5.77. The van der Waals surface area contributed by atoms with Gasteiger partial charge in [0, 0.05) is 6.21 Å². The van der Waals surface area contributed by atoms with Gasteiger partial charge in [-0.2, -0.15) is 0 Å². The number of aromatic amines is 2. The van der Waals surface area contributed by atoms with E-state index in [1.165, 1.54) is 0 Å².